The Kier molecular flexibility index (Phi) is 8.07. The predicted molar refractivity (Wildman–Crippen MR) is 115 cm³/mol. The zero-order valence-electron chi connectivity index (χ0n) is 17.9. The second-order valence-corrected chi connectivity index (χ2v) is 7.46. The Morgan fingerprint density at radius 2 is 2.06 bits per heavy atom. The van der Waals surface area contributed by atoms with Gasteiger partial charge in [0.1, 0.15) is 0 Å². The highest BCUT2D eigenvalue weighted by atomic mass is 19.1. The van der Waals surface area contributed by atoms with Gasteiger partial charge >= 0.3 is 11.8 Å². The van der Waals surface area contributed by atoms with Gasteiger partial charge in [0.25, 0.3) is 0 Å². The number of amides is 3. The fraction of sp³-hybridized carbons (Fsp3) is 0.364. The van der Waals surface area contributed by atoms with Crippen LogP contribution in [-0.2, 0) is 14.4 Å². The summed E-state index contributed by atoms with van der Waals surface area (Å²) in [6.07, 6.45) is 3.95. The molecule has 1 aromatic carbocycles. The maximum absolute atomic E-state index is 13.8. The van der Waals surface area contributed by atoms with E-state index in [0.717, 1.165) is 12.6 Å². The first-order valence-electron chi connectivity index (χ1n) is 9.77. The number of carbonyl (C=O) groups is 3. The fourth-order valence-corrected chi connectivity index (χ4v) is 3.51. The number of hydrogen-bond acceptors (Lipinski definition) is 5. The van der Waals surface area contributed by atoms with Crippen LogP contribution in [0.4, 0.5) is 4.39 Å². The smallest absolute Gasteiger partial charge is 0.313 e. The maximum Gasteiger partial charge on any atom is 0.313 e. The molecule has 31 heavy (non-hydrogen) atoms. The summed E-state index contributed by atoms with van der Waals surface area (Å²) >= 11 is 0. The van der Waals surface area contributed by atoms with Crippen molar-refractivity contribution in [1.82, 2.24) is 10.2 Å². The average Bonchev–Trinajstić information content (AvgIpc) is 2.73. The fourth-order valence-electron chi connectivity index (χ4n) is 3.51. The molecular weight excluding hydrogens is 403 g/mol. The van der Waals surface area contributed by atoms with E-state index in [4.69, 9.17) is 10.5 Å². The van der Waals surface area contributed by atoms with Gasteiger partial charge in [-0.15, -0.1) is 0 Å². The quantitative estimate of drug-likeness (QED) is 0.312. The number of benzene rings is 1. The minimum absolute atomic E-state index is 0.0307. The molecule has 1 aliphatic heterocycles. The van der Waals surface area contributed by atoms with Crippen LogP contribution in [0.3, 0.4) is 0 Å². The first kappa shape index (κ1) is 23.8. The molecule has 1 fully saturated rings. The molecule has 1 heterocycles. The Morgan fingerprint density at radius 3 is 2.68 bits per heavy atom. The third kappa shape index (κ3) is 6.00. The molecule has 9 heteroatoms. The van der Waals surface area contributed by atoms with Crippen molar-refractivity contribution in [2.75, 3.05) is 13.7 Å². The number of carbonyl (C=O) groups excluding carboxylic acids is 3. The van der Waals surface area contributed by atoms with Gasteiger partial charge in [0, 0.05) is 18.4 Å². The van der Waals surface area contributed by atoms with Gasteiger partial charge in [-0.1, -0.05) is 13.0 Å². The molecular formula is C22H27FN4O4. The minimum Gasteiger partial charge on any atom is -0.494 e. The molecule has 166 valence electrons. The van der Waals surface area contributed by atoms with Crippen molar-refractivity contribution in [1.29, 1.82) is 0 Å². The van der Waals surface area contributed by atoms with E-state index in [9.17, 15) is 18.8 Å². The molecule has 0 radical (unpaired) electrons. The summed E-state index contributed by atoms with van der Waals surface area (Å²) < 4.78 is 18.9. The number of piperidine rings is 1. The number of nitrogens with zero attached hydrogens (tertiary/aromatic N) is 2. The zero-order chi connectivity index (χ0) is 23.1. The van der Waals surface area contributed by atoms with E-state index in [0.29, 0.717) is 18.5 Å². The van der Waals surface area contributed by atoms with Crippen LogP contribution in [0.1, 0.15) is 38.3 Å². The second kappa shape index (κ2) is 10.5. The summed E-state index contributed by atoms with van der Waals surface area (Å²) in [6.45, 7) is 7.16. The molecule has 2 atom stereocenters. The third-order valence-electron chi connectivity index (χ3n) is 5.03. The number of aliphatic imine (C=N–C) groups is 1. The van der Waals surface area contributed by atoms with E-state index in [1.54, 1.807) is 12.1 Å². The number of nitrogens with two attached hydrogens (primary N) is 1. The van der Waals surface area contributed by atoms with Gasteiger partial charge in [0.05, 0.1) is 18.7 Å². The predicted octanol–water partition coefficient (Wildman–Crippen LogP) is 2.22. The van der Waals surface area contributed by atoms with Crippen molar-refractivity contribution in [3.63, 3.8) is 0 Å². The number of methoxy groups -OCH3 is 1. The molecule has 0 aliphatic carbocycles. The summed E-state index contributed by atoms with van der Waals surface area (Å²) in [7, 11) is 1.37. The van der Waals surface area contributed by atoms with E-state index in [2.05, 4.69) is 17.0 Å². The lowest BCUT2D eigenvalue weighted by Gasteiger charge is -2.38. The molecule has 3 N–H and O–H groups in total. The Balaban J connectivity index is 2.25. The highest BCUT2D eigenvalue weighted by Gasteiger charge is 2.34. The standard InChI is InChI=1S/C22H27FN4O4/c1-13-5-8-18(15-6-7-17(23)19(10-15)31-4)27(12-13)22(30)21(29)26-14(2)9-16(11-25-3)20(24)28/h6-7,9-11,13,18H,3,5,8,12H2,1-2,4H3,(H2,24,28)(H,26,29)/b14-9+,16-11+/t13-,18+/m1/s1. The van der Waals surface area contributed by atoms with Gasteiger partial charge in [-0.3, -0.25) is 19.4 Å². The summed E-state index contributed by atoms with van der Waals surface area (Å²) in [5.41, 5.74) is 6.21. The largest absolute Gasteiger partial charge is 0.494 e. The van der Waals surface area contributed by atoms with E-state index >= 15 is 0 Å². The molecule has 1 saturated heterocycles. The Hall–Kier alpha value is -3.49. The van der Waals surface area contributed by atoms with Crippen LogP contribution in [0.5, 0.6) is 5.75 Å². The summed E-state index contributed by atoms with van der Waals surface area (Å²) in [5, 5.41) is 2.47. The Bertz CT molecular complexity index is 941. The number of rotatable bonds is 6. The lowest BCUT2D eigenvalue weighted by molar-refractivity contribution is -0.148. The van der Waals surface area contributed by atoms with Crippen molar-refractivity contribution in [2.45, 2.75) is 32.7 Å². The maximum atomic E-state index is 13.8. The molecule has 0 unspecified atom stereocenters. The molecule has 0 spiro atoms. The number of likely N-dealkylation sites (tertiary alicyclic amines) is 1. The third-order valence-corrected chi connectivity index (χ3v) is 5.03. The van der Waals surface area contributed by atoms with Gasteiger partial charge in [-0.25, -0.2) is 4.39 Å². The lowest BCUT2D eigenvalue weighted by Crippen LogP contribution is -2.48. The number of nitrogens with one attached hydrogen (secondary N) is 1. The van der Waals surface area contributed by atoms with Gasteiger partial charge in [0.2, 0.25) is 5.91 Å². The first-order valence-corrected chi connectivity index (χ1v) is 9.77. The molecule has 8 nitrogen and oxygen atoms in total. The summed E-state index contributed by atoms with van der Waals surface area (Å²) in [6, 6.07) is 4.03. The van der Waals surface area contributed by atoms with E-state index in [-0.39, 0.29) is 29.0 Å². The molecule has 3 amide bonds. The van der Waals surface area contributed by atoms with Crippen molar-refractivity contribution < 1.29 is 23.5 Å². The van der Waals surface area contributed by atoms with E-state index in [1.165, 1.54) is 31.1 Å². The molecule has 1 aromatic rings. The number of ether oxygens (including phenoxy) is 1. The second-order valence-electron chi connectivity index (χ2n) is 7.46. The molecule has 0 bridgehead atoms. The van der Waals surface area contributed by atoms with Gasteiger partial charge in [0.15, 0.2) is 11.6 Å². The minimum atomic E-state index is -0.850. The van der Waals surface area contributed by atoms with Gasteiger partial charge < -0.3 is 20.7 Å². The average molecular weight is 430 g/mol. The van der Waals surface area contributed by atoms with Crippen molar-refractivity contribution in [2.24, 2.45) is 16.6 Å². The monoisotopic (exact) mass is 430 g/mol. The van der Waals surface area contributed by atoms with Crippen LogP contribution in [-0.4, -0.2) is 43.0 Å². The summed E-state index contributed by atoms with van der Waals surface area (Å²) in [4.78, 5) is 42.0. The van der Waals surface area contributed by atoms with Crippen molar-refractivity contribution >= 4 is 24.4 Å². The van der Waals surface area contributed by atoms with Crippen LogP contribution >= 0.6 is 0 Å². The van der Waals surface area contributed by atoms with Gasteiger partial charge in [-0.05, 0) is 56.2 Å². The number of primary amides is 1. The van der Waals surface area contributed by atoms with Crippen LogP contribution in [0.15, 0.2) is 46.7 Å². The van der Waals surface area contributed by atoms with Crippen LogP contribution in [0.2, 0.25) is 0 Å². The highest BCUT2D eigenvalue weighted by Crippen LogP contribution is 2.35. The topological polar surface area (TPSA) is 114 Å². The zero-order valence-corrected chi connectivity index (χ0v) is 17.9. The van der Waals surface area contributed by atoms with Gasteiger partial charge in [-0.2, -0.15) is 0 Å². The van der Waals surface area contributed by atoms with Crippen molar-refractivity contribution in [3.05, 3.63) is 53.1 Å². The summed E-state index contributed by atoms with van der Waals surface area (Å²) in [5.74, 6) is -2.54. The van der Waals surface area contributed by atoms with Crippen LogP contribution in [0.25, 0.3) is 0 Å². The normalized spacial score (nSPS) is 19.5. The number of allylic oxidation sites excluding steroid dienone is 1. The molecule has 0 saturated carbocycles. The number of hydrogen-bond donors (Lipinski definition) is 2. The molecule has 1 aliphatic rings. The van der Waals surface area contributed by atoms with Crippen molar-refractivity contribution in [3.8, 4) is 5.75 Å². The van der Waals surface area contributed by atoms with E-state index < -0.39 is 23.5 Å². The van der Waals surface area contributed by atoms with E-state index in [1.807, 2.05) is 6.92 Å². The van der Waals surface area contributed by atoms with Crippen LogP contribution in [0, 0.1) is 11.7 Å². The SMILES string of the molecule is C=N/C=C(\C=C(/C)NC(=O)C(=O)N1C[C@H](C)CC[C@H]1c1ccc(F)c(OC)c1)C(N)=O. The van der Waals surface area contributed by atoms with Crippen LogP contribution < -0.4 is 15.8 Å². The first-order chi connectivity index (χ1) is 14.7. The lowest BCUT2D eigenvalue weighted by atomic mass is 9.89. The molecule has 2 rings (SSSR count). The number of halogens is 1. The Labute approximate surface area is 180 Å². The Morgan fingerprint density at radius 1 is 1.35 bits per heavy atom. The highest BCUT2D eigenvalue weighted by molar-refractivity contribution is 6.35. The molecule has 0 aromatic heterocycles.